The van der Waals surface area contributed by atoms with Gasteiger partial charge in [-0.05, 0) is 42.9 Å². The summed E-state index contributed by atoms with van der Waals surface area (Å²) < 4.78 is 5.46. The van der Waals surface area contributed by atoms with E-state index in [0.717, 1.165) is 12.8 Å². The summed E-state index contributed by atoms with van der Waals surface area (Å²) in [4.78, 5) is 24.2. The summed E-state index contributed by atoms with van der Waals surface area (Å²) in [6.45, 7) is 11.9. The predicted molar refractivity (Wildman–Crippen MR) is 109 cm³/mol. The zero-order valence-corrected chi connectivity index (χ0v) is 18.2. The van der Waals surface area contributed by atoms with Crippen LogP contribution in [-0.2, 0) is 14.3 Å². The highest BCUT2D eigenvalue weighted by Crippen LogP contribution is 2.64. The normalized spacial score (nSPS) is 46.4. The van der Waals surface area contributed by atoms with Crippen molar-refractivity contribution in [3.8, 4) is 0 Å². The molecule has 4 unspecified atom stereocenters. The third-order valence-corrected chi connectivity index (χ3v) is 7.91. The molecule has 1 N–H and O–H groups in total. The third kappa shape index (κ3) is 3.08. The molecule has 0 aromatic heterocycles. The highest BCUT2D eigenvalue weighted by Gasteiger charge is 2.64. The van der Waals surface area contributed by atoms with Gasteiger partial charge in [0.2, 0.25) is 0 Å². The Kier molecular flexibility index (Phi) is 5.66. The second-order valence-electron chi connectivity index (χ2n) is 9.46. The summed E-state index contributed by atoms with van der Waals surface area (Å²) in [5.41, 5.74) is 0.972. The fourth-order valence-corrected chi connectivity index (χ4v) is 6.58. The van der Waals surface area contributed by atoms with Gasteiger partial charge in [-0.1, -0.05) is 58.4 Å². The molecule has 8 atom stereocenters. The molecule has 0 bridgehead atoms. The van der Waals surface area contributed by atoms with Gasteiger partial charge >= 0.3 is 5.97 Å². The highest BCUT2D eigenvalue weighted by atomic mass is 16.5. The molecule has 28 heavy (non-hydrogen) atoms. The molecule has 0 radical (unpaired) electrons. The number of ether oxygens (including phenoxy) is 1. The summed E-state index contributed by atoms with van der Waals surface area (Å²) in [6.07, 6.45) is 8.78. The van der Waals surface area contributed by atoms with Crippen molar-refractivity contribution in [2.75, 3.05) is 0 Å². The van der Waals surface area contributed by atoms with Crippen LogP contribution < -0.4 is 0 Å². The largest absolute Gasteiger partial charge is 0.454 e. The lowest BCUT2D eigenvalue weighted by atomic mass is 9.47. The summed E-state index contributed by atoms with van der Waals surface area (Å²) >= 11 is 0. The highest BCUT2D eigenvalue weighted by molar-refractivity contribution is 5.89. The van der Waals surface area contributed by atoms with Gasteiger partial charge in [0.05, 0.1) is 6.10 Å². The second kappa shape index (κ2) is 7.44. The Morgan fingerprint density at radius 1 is 1.21 bits per heavy atom. The number of fused-ring (bicyclic) bond motifs is 5. The average molecular weight is 389 g/mol. The first-order valence-electron chi connectivity index (χ1n) is 11.0. The smallest absolute Gasteiger partial charge is 0.303 e. The molecule has 156 valence electrons. The molecule has 0 amide bonds. The van der Waals surface area contributed by atoms with Gasteiger partial charge in [0.25, 0.3) is 0 Å². The molecule has 4 nitrogen and oxygen atoms in total. The van der Waals surface area contributed by atoms with Crippen LogP contribution in [0, 0.1) is 34.5 Å². The van der Waals surface area contributed by atoms with Gasteiger partial charge in [0, 0.05) is 24.2 Å². The summed E-state index contributed by atoms with van der Waals surface area (Å²) in [5.74, 6) is 0.552. The van der Waals surface area contributed by atoms with E-state index in [1.165, 1.54) is 12.5 Å². The van der Waals surface area contributed by atoms with Crippen LogP contribution in [0.2, 0.25) is 0 Å². The van der Waals surface area contributed by atoms with Crippen molar-refractivity contribution in [3.63, 3.8) is 0 Å². The maximum Gasteiger partial charge on any atom is 0.303 e. The van der Waals surface area contributed by atoms with Crippen LogP contribution in [0.25, 0.3) is 0 Å². The molecule has 3 saturated carbocycles. The number of ketones is 1. The van der Waals surface area contributed by atoms with Gasteiger partial charge in [-0.3, -0.25) is 9.59 Å². The van der Waals surface area contributed by atoms with E-state index < -0.39 is 18.2 Å². The van der Waals surface area contributed by atoms with E-state index in [1.54, 1.807) is 0 Å². The summed E-state index contributed by atoms with van der Waals surface area (Å²) in [6, 6.07) is 0. The molecule has 0 aliphatic heterocycles. The van der Waals surface area contributed by atoms with Crippen molar-refractivity contribution in [1.82, 2.24) is 0 Å². The van der Waals surface area contributed by atoms with Gasteiger partial charge in [-0.2, -0.15) is 0 Å². The predicted octanol–water partition coefficient (Wildman–Crippen LogP) is 4.47. The van der Waals surface area contributed by atoms with Crippen molar-refractivity contribution >= 4 is 11.8 Å². The lowest BCUT2D eigenvalue weighted by molar-refractivity contribution is -0.163. The number of carbonyl (C=O) groups is 2. The monoisotopic (exact) mass is 388 g/mol. The van der Waals surface area contributed by atoms with Gasteiger partial charge in [0.15, 0.2) is 11.9 Å². The number of allylic oxidation sites excluding steroid dienone is 3. The second-order valence-corrected chi connectivity index (χ2v) is 9.46. The molecule has 3 fully saturated rings. The minimum absolute atomic E-state index is 0.0275. The number of hydrogen-bond acceptors (Lipinski definition) is 4. The number of carbonyl (C=O) groups excluding carboxylic acids is 2. The molecule has 4 rings (SSSR count). The molecular formula is C24H36O4. The average Bonchev–Trinajstić information content (AvgIpc) is 2.89. The van der Waals surface area contributed by atoms with Gasteiger partial charge in [-0.15, -0.1) is 0 Å². The van der Waals surface area contributed by atoms with E-state index in [1.807, 2.05) is 13.8 Å². The van der Waals surface area contributed by atoms with E-state index in [9.17, 15) is 14.7 Å². The van der Waals surface area contributed by atoms with Crippen LogP contribution in [0.15, 0.2) is 23.8 Å². The molecule has 0 aromatic carbocycles. The summed E-state index contributed by atoms with van der Waals surface area (Å²) in [7, 11) is 0. The van der Waals surface area contributed by atoms with E-state index in [0.29, 0.717) is 24.7 Å². The van der Waals surface area contributed by atoms with E-state index in [2.05, 4.69) is 39.0 Å². The Morgan fingerprint density at radius 3 is 2.54 bits per heavy atom. The lowest BCUT2D eigenvalue weighted by Gasteiger charge is -2.58. The zero-order chi connectivity index (χ0) is 20.9. The van der Waals surface area contributed by atoms with Crippen LogP contribution in [0.4, 0.5) is 0 Å². The topological polar surface area (TPSA) is 63.6 Å². The van der Waals surface area contributed by atoms with Crippen LogP contribution in [-0.4, -0.2) is 29.1 Å². The van der Waals surface area contributed by atoms with Crippen molar-refractivity contribution in [2.45, 2.75) is 79.4 Å². The number of aliphatic hydroxyl groups is 1. The molecule has 4 aliphatic carbocycles. The quantitative estimate of drug-likeness (QED) is 0.532. The minimum Gasteiger partial charge on any atom is -0.454 e. The Hall–Kier alpha value is -1.42. The Morgan fingerprint density at radius 2 is 1.89 bits per heavy atom. The molecule has 4 aliphatic rings. The SMILES string of the molecule is CC.CC(=O)OC1C(=O)CC2C3C(CC[C@]12C)[C@@]1(C)C=C[C@H](C)C=C1C[C@@H]3O. The van der Waals surface area contributed by atoms with Gasteiger partial charge < -0.3 is 9.84 Å². The first-order chi connectivity index (χ1) is 13.2. The van der Waals surface area contributed by atoms with E-state index >= 15 is 0 Å². The Balaban J connectivity index is 0.00000109. The third-order valence-electron chi connectivity index (χ3n) is 7.91. The molecule has 0 saturated heterocycles. The maximum absolute atomic E-state index is 12.7. The molecule has 0 aromatic rings. The molecular weight excluding hydrogens is 352 g/mol. The minimum atomic E-state index is -0.648. The lowest BCUT2D eigenvalue weighted by Crippen LogP contribution is -2.55. The van der Waals surface area contributed by atoms with Crippen LogP contribution in [0.5, 0.6) is 0 Å². The van der Waals surface area contributed by atoms with Crippen molar-refractivity contribution in [3.05, 3.63) is 23.8 Å². The standard InChI is InChI=1S/C22H30O4.C2H6/c1-12-5-7-21(3)14(9-12)10-17(24)19-15(21)6-8-22(4)16(19)11-18(25)20(22)26-13(2)23;1-2/h5,7,9,12,15-17,19-20,24H,6,8,10-11H2,1-4H3;1-2H3/t12-,15?,16?,17-,19?,20?,21-,22-;/m0./s1. The fraction of sp³-hybridized carbons (Fsp3) is 0.750. The van der Waals surface area contributed by atoms with Crippen LogP contribution in [0.3, 0.4) is 0 Å². The zero-order valence-electron chi connectivity index (χ0n) is 18.2. The maximum atomic E-state index is 12.7. The van der Waals surface area contributed by atoms with E-state index in [-0.39, 0.29) is 28.4 Å². The number of hydrogen-bond donors (Lipinski definition) is 1. The molecule has 4 heteroatoms. The fourth-order valence-electron chi connectivity index (χ4n) is 6.58. The number of esters is 1. The van der Waals surface area contributed by atoms with Crippen LogP contribution >= 0.6 is 0 Å². The Labute approximate surface area is 169 Å². The number of aliphatic hydroxyl groups excluding tert-OH is 1. The summed E-state index contributed by atoms with van der Waals surface area (Å²) in [5, 5.41) is 11.1. The molecule has 0 spiro atoms. The number of Topliss-reactive ketones (excluding diaryl/α,β-unsaturated/α-hetero) is 1. The van der Waals surface area contributed by atoms with Crippen molar-refractivity contribution in [2.24, 2.45) is 34.5 Å². The van der Waals surface area contributed by atoms with Crippen LogP contribution in [0.1, 0.15) is 67.2 Å². The molecule has 0 heterocycles. The first-order valence-corrected chi connectivity index (χ1v) is 11.0. The van der Waals surface area contributed by atoms with E-state index in [4.69, 9.17) is 4.74 Å². The van der Waals surface area contributed by atoms with Gasteiger partial charge in [-0.25, -0.2) is 0 Å². The first kappa shape index (κ1) is 21.3. The number of rotatable bonds is 1. The Bertz CT molecular complexity index is 707. The van der Waals surface area contributed by atoms with Crippen molar-refractivity contribution < 1.29 is 19.4 Å². The van der Waals surface area contributed by atoms with Gasteiger partial charge in [0.1, 0.15) is 0 Å². The van der Waals surface area contributed by atoms with Crippen molar-refractivity contribution in [1.29, 1.82) is 0 Å².